The van der Waals surface area contributed by atoms with E-state index in [1.807, 2.05) is 30.3 Å². The molecular weight excluding hydrogens is 462 g/mol. The van der Waals surface area contributed by atoms with Crippen molar-refractivity contribution in [2.75, 3.05) is 32.5 Å². The van der Waals surface area contributed by atoms with E-state index in [9.17, 15) is 13.2 Å². The zero-order chi connectivity index (χ0) is 23.7. The van der Waals surface area contributed by atoms with Crippen LogP contribution in [0.1, 0.15) is 11.1 Å². The molecule has 0 unspecified atom stereocenters. The molecule has 0 aliphatic rings. The normalized spacial score (nSPS) is 11.5. The van der Waals surface area contributed by atoms with E-state index in [-0.39, 0.29) is 23.9 Å². The van der Waals surface area contributed by atoms with Gasteiger partial charge in [-0.15, -0.1) is 0 Å². The lowest BCUT2D eigenvalue weighted by Crippen LogP contribution is -2.42. The van der Waals surface area contributed by atoms with Crippen molar-refractivity contribution in [1.82, 2.24) is 24.8 Å². The number of amides is 1. The fourth-order valence-electron chi connectivity index (χ4n) is 3.16. The van der Waals surface area contributed by atoms with Gasteiger partial charge in [-0.3, -0.25) is 9.89 Å². The Morgan fingerprint density at radius 3 is 2.67 bits per heavy atom. The summed E-state index contributed by atoms with van der Waals surface area (Å²) in [6.07, 6.45) is 1.90. The Kier molecular flexibility index (Phi) is 8.87. The van der Waals surface area contributed by atoms with Crippen LogP contribution in [0.4, 0.5) is 0 Å². The Hall–Kier alpha value is -2.89. The lowest BCUT2D eigenvalue weighted by atomic mass is 10.1. The molecule has 9 nitrogen and oxygen atoms in total. The highest BCUT2D eigenvalue weighted by molar-refractivity contribution is 7.99. The second-order valence-corrected chi connectivity index (χ2v) is 10.2. The maximum Gasteiger partial charge on any atom is 0.243 e. The second-order valence-electron chi connectivity index (χ2n) is 7.19. The van der Waals surface area contributed by atoms with Crippen molar-refractivity contribution in [3.05, 3.63) is 66.0 Å². The molecule has 0 aliphatic carbocycles. The van der Waals surface area contributed by atoms with Gasteiger partial charge in [0.2, 0.25) is 15.9 Å². The SMILES string of the molecule is COc1ccc(S(=O)(=O)N(CCc2ccccc2)CC(=O)NCCSc2ncn[nH]2)cc1C. The first kappa shape index (κ1) is 24.7. The van der Waals surface area contributed by atoms with Crippen LogP contribution < -0.4 is 10.1 Å². The number of aryl methyl sites for hydroxylation is 1. The summed E-state index contributed by atoms with van der Waals surface area (Å²) in [7, 11) is -2.36. The van der Waals surface area contributed by atoms with Crippen molar-refractivity contribution in [3.8, 4) is 5.75 Å². The minimum absolute atomic E-state index is 0.127. The van der Waals surface area contributed by atoms with E-state index in [0.29, 0.717) is 35.2 Å². The van der Waals surface area contributed by atoms with Crippen molar-refractivity contribution in [1.29, 1.82) is 0 Å². The van der Waals surface area contributed by atoms with Crippen LogP contribution in [0.5, 0.6) is 5.75 Å². The molecule has 0 saturated heterocycles. The third-order valence-electron chi connectivity index (χ3n) is 4.87. The third kappa shape index (κ3) is 7.04. The molecule has 33 heavy (non-hydrogen) atoms. The van der Waals surface area contributed by atoms with Crippen molar-refractivity contribution in [2.24, 2.45) is 0 Å². The largest absolute Gasteiger partial charge is 0.496 e. The summed E-state index contributed by atoms with van der Waals surface area (Å²) in [5.74, 6) is 0.817. The minimum Gasteiger partial charge on any atom is -0.496 e. The summed E-state index contributed by atoms with van der Waals surface area (Å²) >= 11 is 1.42. The highest BCUT2D eigenvalue weighted by atomic mass is 32.2. The number of ether oxygens (including phenoxy) is 1. The van der Waals surface area contributed by atoms with Gasteiger partial charge in [0.15, 0.2) is 5.16 Å². The van der Waals surface area contributed by atoms with E-state index in [0.717, 1.165) is 5.56 Å². The quantitative estimate of drug-likeness (QED) is 0.296. The van der Waals surface area contributed by atoms with Crippen LogP contribution in [-0.4, -0.2) is 66.3 Å². The Labute approximate surface area is 198 Å². The van der Waals surface area contributed by atoms with Crippen LogP contribution in [0.2, 0.25) is 0 Å². The summed E-state index contributed by atoms with van der Waals surface area (Å²) in [5, 5.41) is 9.94. The maximum absolute atomic E-state index is 13.4. The van der Waals surface area contributed by atoms with Crippen molar-refractivity contribution in [2.45, 2.75) is 23.4 Å². The molecule has 3 aromatic rings. The van der Waals surface area contributed by atoms with Gasteiger partial charge in [-0.2, -0.15) is 9.40 Å². The van der Waals surface area contributed by atoms with E-state index in [2.05, 4.69) is 20.5 Å². The fraction of sp³-hybridized carbons (Fsp3) is 0.318. The summed E-state index contributed by atoms with van der Waals surface area (Å²) in [5.41, 5.74) is 1.70. The van der Waals surface area contributed by atoms with Gasteiger partial charge in [0.25, 0.3) is 0 Å². The smallest absolute Gasteiger partial charge is 0.243 e. The number of nitrogens with zero attached hydrogens (tertiary/aromatic N) is 3. The first-order chi connectivity index (χ1) is 15.9. The summed E-state index contributed by atoms with van der Waals surface area (Å²) in [6.45, 7) is 2.06. The van der Waals surface area contributed by atoms with E-state index in [1.165, 1.54) is 35.6 Å². The second kappa shape index (κ2) is 11.8. The van der Waals surface area contributed by atoms with Crippen molar-refractivity contribution >= 4 is 27.7 Å². The lowest BCUT2D eigenvalue weighted by molar-refractivity contribution is -0.121. The average molecular weight is 490 g/mol. The number of thioether (sulfide) groups is 1. The molecule has 1 amide bonds. The van der Waals surface area contributed by atoms with Gasteiger partial charge in [0.05, 0.1) is 18.6 Å². The van der Waals surface area contributed by atoms with E-state index in [4.69, 9.17) is 4.74 Å². The zero-order valence-electron chi connectivity index (χ0n) is 18.5. The number of benzene rings is 2. The molecule has 0 fully saturated rings. The highest BCUT2D eigenvalue weighted by Crippen LogP contribution is 2.24. The number of rotatable bonds is 12. The predicted molar refractivity (Wildman–Crippen MR) is 127 cm³/mol. The molecule has 11 heteroatoms. The van der Waals surface area contributed by atoms with Crippen molar-refractivity contribution in [3.63, 3.8) is 0 Å². The zero-order valence-corrected chi connectivity index (χ0v) is 20.2. The number of H-pyrrole nitrogens is 1. The molecule has 0 spiro atoms. The summed E-state index contributed by atoms with van der Waals surface area (Å²) in [4.78, 5) is 16.7. The Morgan fingerprint density at radius 2 is 2.00 bits per heavy atom. The topological polar surface area (TPSA) is 117 Å². The molecule has 1 heterocycles. The van der Waals surface area contributed by atoms with Gasteiger partial charge in [-0.25, -0.2) is 13.4 Å². The minimum atomic E-state index is -3.89. The van der Waals surface area contributed by atoms with E-state index in [1.54, 1.807) is 19.1 Å². The van der Waals surface area contributed by atoms with Crippen LogP contribution in [0.15, 0.2) is 64.9 Å². The van der Waals surface area contributed by atoms with Gasteiger partial charge >= 0.3 is 0 Å². The van der Waals surface area contributed by atoms with Gasteiger partial charge in [-0.1, -0.05) is 42.1 Å². The van der Waals surface area contributed by atoms with Gasteiger partial charge in [0, 0.05) is 18.8 Å². The van der Waals surface area contributed by atoms with Crippen LogP contribution >= 0.6 is 11.8 Å². The maximum atomic E-state index is 13.4. The van der Waals surface area contributed by atoms with Crippen molar-refractivity contribution < 1.29 is 17.9 Å². The molecular formula is C22H27N5O4S2. The molecule has 3 rings (SSSR count). The van der Waals surface area contributed by atoms with E-state index >= 15 is 0 Å². The first-order valence-electron chi connectivity index (χ1n) is 10.3. The summed E-state index contributed by atoms with van der Waals surface area (Å²) in [6, 6.07) is 14.3. The van der Waals surface area contributed by atoms with Crippen LogP contribution in [0.25, 0.3) is 0 Å². The number of hydrogen-bond donors (Lipinski definition) is 2. The van der Waals surface area contributed by atoms with Gasteiger partial charge in [0.1, 0.15) is 12.1 Å². The molecule has 176 valence electrons. The number of carbonyl (C=O) groups is 1. The predicted octanol–water partition coefficient (Wildman–Crippen LogP) is 2.26. The molecule has 0 atom stereocenters. The molecule has 0 radical (unpaired) electrons. The molecule has 2 N–H and O–H groups in total. The number of nitrogens with one attached hydrogen (secondary N) is 2. The third-order valence-corrected chi connectivity index (χ3v) is 7.59. The average Bonchev–Trinajstić information content (AvgIpc) is 3.33. The van der Waals surface area contributed by atoms with Crippen LogP contribution in [0, 0.1) is 6.92 Å². The van der Waals surface area contributed by atoms with Gasteiger partial charge in [-0.05, 0) is 42.7 Å². The highest BCUT2D eigenvalue weighted by Gasteiger charge is 2.27. The molecule has 0 bridgehead atoms. The number of aromatic amines is 1. The Morgan fingerprint density at radius 1 is 1.21 bits per heavy atom. The van der Waals surface area contributed by atoms with Crippen LogP contribution in [-0.2, 0) is 21.2 Å². The Bertz CT molecular complexity index is 1140. The number of aromatic nitrogens is 3. The number of methoxy groups -OCH3 is 1. The number of carbonyl (C=O) groups excluding carboxylic acids is 1. The molecule has 1 aromatic heterocycles. The Balaban J connectivity index is 1.69. The molecule has 2 aromatic carbocycles. The summed E-state index contributed by atoms with van der Waals surface area (Å²) < 4.78 is 33.3. The lowest BCUT2D eigenvalue weighted by Gasteiger charge is -2.22. The monoisotopic (exact) mass is 489 g/mol. The number of hydrogen-bond acceptors (Lipinski definition) is 7. The first-order valence-corrected chi connectivity index (χ1v) is 12.8. The van der Waals surface area contributed by atoms with E-state index < -0.39 is 10.0 Å². The van der Waals surface area contributed by atoms with Gasteiger partial charge < -0.3 is 10.1 Å². The van der Waals surface area contributed by atoms with Crippen LogP contribution in [0.3, 0.4) is 0 Å². The fourth-order valence-corrected chi connectivity index (χ4v) is 5.28. The standard InChI is InChI=1S/C22H27N5O4S2/c1-17-14-19(8-9-20(17)31-2)33(29,30)27(12-10-18-6-4-3-5-7-18)15-21(28)23-11-13-32-22-24-16-25-26-22/h3-9,14,16H,10-13,15H2,1-2H3,(H,23,28)(H,24,25,26). The molecule has 0 aliphatic heterocycles. The molecule has 0 saturated carbocycles. The number of sulfonamides is 1.